The van der Waals surface area contributed by atoms with Gasteiger partial charge in [-0.25, -0.2) is 0 Å². The first-order chi connectivity index (χ1) is 20.0. The van der Waals surface area contributed by atoms with E-state index in [1.165, 1.54) is 0 Å². The smallest absolute Gasteiger partial charge is 0.256 e. The van der Waals surface area contributed by atoms with Crippen LogP contribution in [0.3, 0.4) is 0 Å². The molecule has 0 radical (unpaired) electrons. The van der Waals surface area contributed by atoms with Gasteiger partial charge in [-0.15, -0.1) is 0 Å². The number of carbonyl (C=O) groups is 1. The zero-order chi connectivity index (χ0) is 28.3. The molecule has 7 nitrogen and oxygen atoms in total. The molecule has 0 aliphatic carbocycles. The molecule has 0 atom stereocenters. The zero-order valence-electron chi connectivity index (χ0n) is 23.9. The molecule has 0 spiro atoms. The van der Waals surface area contributed by atoms with Crippen molar-refractivity contribution in [2.75, 3.05) is 26.4 Å². The summed E-state index contributed by atoms with van der Waals surface area (Å²) in [5.41, 5.74) is 8.06. The average Bonchev–Trinajstić information content (AvgIpc) is 3.53. The van der Waals surface area contributed by atoms with Gasteiger partial charge in [-0.05, 0) is 61.2 Å². The Hall–Kier alpha value is -4.36. The first-order valence-electron chi connectivity index (χ1n) is 14.2. The molecule has 0 unspecified atom stereocenters. The van der Waals surface area contributed by atoms with E-state index in [-0.39, 0.29) is 5.91 Å². The maximum Gasteiger partial charge on any atom is 0.256 e. The fraction of sp³-hybridized carbons (Fsp3) is 0.294. The molecule has 2 aromatic heterocycles. The predicted molar refractivity (Wildman–Crippen MR) is 159 cm³/mol. The van der Waals surface area contributed by atoms with Gasteiger partial charge in [0.05, 0.1) is 24.5 Å². The summed E-state index contributed by atoms with van der Waals surface area (Å²) >= 11 is 0. The number of hydrogen-bond acceptors (Lipinski definition) is 5. The van der Waals surface area contributed by atoms with Crippen LogP contribution in [0.1, 0.15) is 45.4 Å². The first kappa shape index (κ1) is 26.8. The van der Waals surface area contributed by atoms with E-state index in [0.29, 0.717) is 39.3 Å². The van der Waals surface area contributed by atoms with Crippen molar-refractivity contribution >= 4 is 16.8 Å². The third kappa shape index (κ3) is 5.50. The van der Waals surface area contributed by atoms with Crippen LogP contribution in [0.5, 0.6) is 5.75 Å². The van der Waals surface area contributed by atoms with Crippen molar-refractivity contribution in [3.05, 3.63) is 107 Å². The Bertz CT molecular complexity index is 1680. The van der Waals surface area contributed by atoms with E-state index in [2.05, 4.69) is 59.1 Å². The summed E-state index contributed by atoms with van der Waals surface area (Å²) in [6, 6.07) is 22.8. The second-order valence-corrected chi connectivity index (χ2v) is 10.6. The van der Waals surface area contributed by atoms with Gasteiger partial charge in [0.2, 0.25) is 0 Å². The molecule has 3 heterocycles. The van der Waals surface area contributed by atoms with Gasteiger partial charge >= 0.3 is 0 Å². The Morgan fingerprint density at radius 2 is 1.80 bits per heavy atom. The van der Waals surface area contributed by atoms with Crippen LogP contribution >= 0.6 is 0 Å². The fourth-order valence-electron chi connectivity index (χ4n) is 5.78. The minimum absolute atomic E-state index is 0.0141. The number of para-hydroxylation sites is 1. The second kappa shape index (κ2) is 11.6. The number of carbonyl (C=O) groups excluding carboxylic acids is 1. The number of hydrogen-bond donors (Lipinski definition) is 0. The number of aromatic nitrogens is 2. The molecule has 7 heteroatoms. The number of nitrogens with zero attached hydrogens (tertiary/aromatic N) is 3. The van der Waals surface area contributed by atoms with E-state index < -0.39 is 0 Å². The molecule has 0 fully saturated rings. The van der Waals surface area contributed by atoms with Crippen molar-refractivity contribution in [2.24, 2.45) is 0 Å². The van der Waals surface area contributed by atoms with E-state index in [1.807, 2.05) is 49.2 Å². The maximum atomic E-state index is 14.0. The molecular formula is C34H35N3O4. The van der Waals surface area contributed by atoms with Crippen LogP contribution in [0.25, 0.3) is 22.0 Å². The second-order valence-electron chi connectivity index (χ2n) is 10.6. The van der Waals surface area contributed by atoms with E-state index >= 15 is 0 Å². The van der Waals surface area contributed by atoms with Crippen LogP contribution in [0.15, 0.2) is 77.4 Å². The molecule has 41 heavy (non-hydrogen) atoms. The monoisotopic (exact) mass is 549 g/mol. The summed E-state index contributed by atoms with van der Waals surface area (Å²) < 4.78 is 19.7. The van der Waals surface area contributed by atoms with Crippen LogP contribution in [0.2, 0.25) is 0 Å². The standard InChI is InChI=1S/C34H35N3O4/c1-4-36-22-30(29-10-5-6-11-31(29)36)34(38)37-14-15-39-16-17-40-32-13-12-27(33-23(2)35-41-24(33)3)20-28(32)19-25-8-7-9-26(18-25)21-37/h5-13,18,20,22H,4,14-17,19,21H2,1-3H3. The van der Waals surface area contributed by atoms with Gasteiger partial charge in [-0.3, -0.25) is 4.79 Å². The van der Waals surface area contributed by atoms with Crippen molar-refractivity contribution < 1.29 is 18.8 Å². The highest BCUT2D eigenvalue weighted by atomic mass is 16.5. The predicted octanol–water partition coefficient (Wildman–Crippen LogP) is 6.58. The summed E-state index contributed by atoms with van der Waals surface area (Å²) in [4.78, 5) is 15.9. The maximum absolute atomic E-state index is 14.0. The van der Waals surface area contributed by atoms with Crippen LogP contribution in [-0.2, 0) is 24.2 Å². The lowest BCUT2D eigenvalue weighted by molar-refractivity contribution is 0.0572. The fourth-order valence-corrected chi connectivity index (χ4v) is 5.78. The van der Waals surface area contributed by atoms with E-state index in [4.69, 9.17) is 14.0 Å². The Balaban J connectivity index is 1.33. The lowest BCUT2D eigenvalue weighted by Gasteiger charge is -2.24. The molecule has 6 rings (SSSR count). The molecule has 3 aromatic carbocycles. The third-order valence-electron chi connectivity index (χ3n) is 7.78. The molecule has 1 aliphatic heterocycles. The van der Waals surface area contributed by atoms with Crippen molar-refractivity contribution in [2.45, 2.75) is 40.3 Å². The lowest BCUT2D eigenvalue weighted by atomic mass is 9.96. The van der Waals surface area contributed by atoms with Gasteiger partial charge in [-0.1, -0.05) is 53.7 Å². The Kier molecular flexibility index (Phi) is 7.61. The minimum Gasteiger partial charge on any atom is -0.491 e. The molecule has 0 saturated carbocycles. The molecule has 0 saturated heterocycles. The number of fused-ring (bicyclic) bond motifs is 4. The molecule has 2 bridgehead atoms. The molecule has 1 aliphatic rings. The van der Waals surface area contributed by atoms with Gasteiger partial charge in [0.25, 0.3) is 5.91 Å². The first-order valence-corrected chi connectivity index (χ1v) is 14.2. The molecule has 1 amide bonds. The van der Waals surface area contributed by atoms with Gasteiger partial charge in [0.1, 0.15) is 18.1 Å². The highest BCUT2D eigenvalue weighted by Gasteiger charge is 2.22. The van der Waals surface area contributed by atoms with E-state index in [0.717, 1.165) is 68.0 Å². The van der Waals surface area contributed by atoms with Crippen molar-refractivity contribution in [1.82, 2.24) is 14.6 Å². The Labute approximate surface area is 240 Å². The number of aryl methyl sites for hydroxylation is 3. The normalized spacial score (nSPS) is 14.4. The minimum atomic E-state index is 0.0141. The van der Waals surface area contributed by atoms with Crippen molar-refractivity contribution in [1.29, 1.82) is 0 Å². The summed E-state index contributed by atoms with van der Waals surface area (Å²) in [7, 11) is 0. The van der Waals surface area contributed by atoms with Crippen LogP contribution in [0, 0.1) is 13.8 Å². The molecule has 0 N–H and O–H groups in total. The highest BCUT2D eigenvalue weighted by molar-refractivity contribution is 6.07. The van der Waals surface area contributed by atoms with E-state index in [9.17, 15) is 4.79 Å². The summed E-state index contributed by atoms with van der Waals surface area (Å²) in [6.45, 7) is 9.09. The van der Waals surface area contributed by atoms with Gasteiger partial charge in [-0.2, -0.15) is 0 Å². The summed E-state index contributed by atoms with van der Waals surface area (Å²) in [5.74, 6) is 1.65. The molecular weight excluding hydrogens is 514 g/mol. The zero-order valence-corrected chi connectivity index (χ0v) is 23.9. The quantitative estimate of drug-likeness (QED) is 0.254. The van der Waals surface area contributed by atoms with Gasteiger partial charge in [0, 0.05) is 48.7 Å². The number of amides is 1. The van der Waals surface area contributed by atoms with Gasteiger partial charge < -0.3 is 23.5 Å². The van der Waals surface area contributed by atoms with Crippen molar-refractivity contribution in [3.63, 3.8) is 0 Å². The number of rotatable bonds is 3. The van der Waals surface area contributed by atoms with E-state index in [1.54, 1.807) is 0 Å². The van der Waals surface area contributed by atoms with Crippen LogP contribution in [0.4, 0.5) is 0 Å². The highest BCUT2D eigenvalue weighted by Crippen LogP contribution is 2.32. The average molecular weight is 550 g/mol. The van der Waals surface area contributed by atoms with Crippen LogP contribution < -0.4 is 4.74 Å². The lowest BCUT2D eigenvalue weighted by Crippen LogP contribution is -2.34. The molecule has 5 aromatic rings. The summed E-state index contributed by atoms with van der Waals surface area (Å²) in [6.07, 6.45) is 2.68. The third-order valence-corrected chi connectivity index (χ3v) is 7.78. The van der Waals surface area contributed by atoms with Gasteiger partial charge in [0.15, 0.2) is 0 Å². The van der Waals surface area contributed by atoms with Crippen molar-refractivity contribution in [3.8, 4) is 16.9 Å². The Morgan fingerprint density at radius 3 is 2.63 bits per heavy atom. The van der Waals surface area contributed by atoms with Crippen LogP contribution in [-0.4, -0.2) is 46.9 Å². The number of ether oxygens (including phenoxy) is 2. The SMILES string of the molecule is CCn1cc(C(=O)N2CCOCCOc3ccc(-c4c(C)noc4C)cc3Cc3cccc(c3)C2)c2ccccc21. The largest absolute Gasteiger partial charge is 0.491 e. The molecule has 210 valence electrons. The topological polar surface area (TPSA) is 69.7 Å². The number of benzene rings is 3. The summed E-state index contributed by atoms with van der Waals surface area (Å²) in [5, 5.41) is 5.12. The Morgan fingerprint density at radius 1 is 0.951 bits per heavy atom.